The highest BCUT2D eigenvalue weighted by atomic mass is 32.2. The van der Waals surface area contributed by atoms with Gasteiger partial charge >= 0.3 is 0 Å². The zero-order valence-corrected chi connectivity index (χ0v) is 15.3. The molecule has 0 amide bonds. The SMILES string of the molecule is Cc1ccc(-c2nccn2[C@@H]2COC[C@H]2CS(=O)(=O)N(C)C)cc1F. The highest BCUT2D eigenvalue weighted by Gasteiger charge is 2.35. The third-order valence-corrected chi connectivity index (χ3v) is 6.56. The number of rotatable bonds is 5. The summed E-state index contributed by atoms with van der Waals surface area (Å²) in [5, 5.41) is 0. The smallest absolute Gasteiger partial charge is 0.214 e. The van der Waals surface area contributed by atoms with Gasteiger partial charge in [0.25, 0.3) is 0 Å². The van der Waals surface area contributed by atoms with Crippen molar-refractivity contribution in [2.75, 3.05) is 33.1 Å². The van der Waals surface area contributed by atoms with Gasteiger partial charge in [-0.25, -0.2) is 22.1 Å². The predicted octanol–water partition coefficient (Wildman–Crippen LogP) is 2.08. The molecule has 1 aromatic carbocycles. The van der Waals surface area contributed by atoms with Crippen LogP contribution in [-0.4, -0.2) is 55.3 Å². The summed E-state index contributed by atoms with van der Waals surface area (Å²) in [5.74, 6) is 0.142. The van der Waals surface area contributed by atoms with Gasteiger partial charge in [-0.05, 0) is 18.6 Å². The minimum atomic E-state index is -3.34. The Bertz CT molecular complexity index is 864. The minimum absolute atomic E-state index is 0.00451. The fourth-order valence-electron chi connectivity index (χ4n) is 3.01. The second-order valence-corrected chi connectivity index (χ2v) is 8.78. The molecule has 1 aromatic heterocycles. The summed E-state index contributed by atoms with van der Waals surface area (Å²) in [6.45, 7) is 2.49. The van der Waals surface area contributed by atoms with Gasteiger partial charge in [0.15, 0.2) is 0 Å². The van der Waals surface area contributed by atoms with Gasteiger partial charge < -0.3 is 9.30 Å². The molecule has 1 aliphatic heterocycles. The lowest BCUT2D eigenvalue weighted by molar-refractivity contribution is 0.182. The zero-order chi connectivity index (χ0) is 18.2. The number of halogens is 1. The van der Waals surface area contributed by atoms with Crippen molar-refractivity contribution in [2.45, 2.75) is 13.0 Å². The Kier molecular flexibility index (Phi) is 4.95. The van der Waals surface area contributed by atoms with Gasteiger partial charge in [-0.1, -0.05) is 12.1 Å². The summed E-state index contributed by atoms with van der Waals surface area (Å²) in [4.78, 5) is 4.35. The highest BCUT2D eigenvalue weighted by molar-refractivity contribution is 7.89. The van der Waals surface area contributed by atoms with Crippen LogP contribution < -0.4 is 0 Å². The molecule has 25 heavy (non-hydrogen) atoms. The van der Waals surface area contributed by atoms with Gasteiger partial charge in [-0.3, -0.25) is 0 Å². The maximum Gasteiger partial charge on any atom is 0.214 e. The lowest BCUT2D eigenvalue weighted by Gasteiger charge is -2.22. The topological polar surface area (TPSA) is 64.4 Å². The Balaban J connectivity index is 1.92. The third kappa shape index (κ3) is 3.61. The van der Waals surface area contributed by atoms with Crippen LogP contribution in [0.25, 0.3) is 11.4 Å². The van der Waals surface area contributed by atoms with Crippen LogP contribution in [0.2, 0.25) is 0 Å². The fourth-order valence-corrected chi connectivity index (χ4v) is 4.17. The lowest BCUT2D eigenvalue weighted by atomic mass is 10.1. The number of hydrogen-bond acceptors (Lipinski definition) is 4. The molecule has 1 fully saturated rings. The van der Waals surface area contributed by atoms with E-state index in [9.17, 15) is 12.8 Å². The first-order valence-corrected chi connectivity index (χ1v) is 9.68. The summed E-state index contributed by atoms with van der Waals surface area (Å²) >= 11 is 0. The first-order valence-electron chi connectivity index (χ1n) is 8.07. The van der Waals surface area contributed by atoms with Gasteiger partial charge in [0.1, 0.15) is 11.6 Å². The number of ether oxygens (including phenoxy) is 1. The van der Waals surface area contributed by atoms with Crippen molar-refractivity contribution in [1.29, 1.82) is 0 Å². The van der Waals surface area contributed by atoms with E-state index in [2.05, 4.69) is 4.98 Å². The quantitative estimate of drug-likeness (QED) is 0.812. The normalized spacial score (nSPS) is 21.2. The number of sulfonamides is 1. The van der Waals surface area contributed by atoms with Crippen molar-refractivity contribution in [2.24, 2.45) is 5.92 Å². The van der Waals surface area contributed by atoms with Gasteiger partial charge in [-0.2, -0.15) is 0 Å². The number of benzene rings is 1. The van der Waals surface area contributed by atoms with E-state index >= 15 is 0 Å². The van der Waals surface area contributed by atoms with Crippen LogP contribution in [-0.2, 0) is 14.8 Å². The maximum atomic E-state index is 13.9. The van der Waals surface area contributed by atoms with Crippen LogP contribution in [0.15, 0.2) is 30.6 Å². The Morgan fingerprint density at radius 3 is 2.80 bits per heavy atom. The predicted molar refractivity (Wildman–Crippen MR) is 93.2 cm³/mol. The number of aryl methyl sites for hydroxylation is 1. The monoisotopic (exact) mass is 367 g/mol. The van der Waals surface area contributed by atoms with Crippen molar-refractivity contribution in [1.82, 2.24) is 13.9 Å². The fraction of sp³-hybridized carbons (Fsp3) is 0.471. The first kappa shape index (κ1) is 18.0. The van der Waals surface area contributed by atoms with Crippen LogP contribution in [0, 0.1) is 18.7 Å². The van der Waals surface area contributed by atoms with E-state index in [1.54, 1.807) is 25.4 Å². The summed E-state index contributed by atoms with van der Waals surface area (Å²) in [6, 6.07) is 4.83. The van der Waals surface area contributed by atoms with Crippen molar-refractivity contribution in [3.63, 3.8) is 0 Å². The highest BCUT2D eigenvalue weighted by Crippen LogP contribution is 2.32. The van der Waals surface area contributed by atoms with Crippen LogP contribution in [0.4, 0.5) is 4.39 Å². The first-order chi connectivity index (χ1) is 11.8. The Labute approximate surface area is 147 Å². The molecular formula is C17H22FN3O3S. The Morgan fingerprint density at radius 2 is 2.12 bits per heavy atom. The molecule has 2 atom stereocenters. The van der Waals surface area contributed by atoms with E-state index in [1.807, 2.05) is 10.6 Å². The number of imidazole rings is 1. The number of hydrogen-bond donors (Lipinski definition) is 0. The molecule has 0 N–H and O–H groups in total. The molecule has 2 heterocycles. The minimum Gasteiger partial charge on any atom is -0.379 e. The second kappa shape index (κ2) is 6.86. The van der Waals surface area contributed by atoms with Crippen molar-refractivity contribution in [3.8, 4) is 11.4 Å². The zero-order valence-electron chi connectivity index (χ0n) is 14.5. The van der Waals surface area contributed by atoms with Crippen molar-refractivity contribution in [3.05, 3.63) is 42.0 Å². The summed E-state index contributed by atoms with van der Waals surface area (Å²) < 4.78 is 47.1. The molecular weight excluding hydrogens is 345 g/mol. The lowest BCUT2D eigenvalue weighted by Crippen LogP contribution is -2.32. The molecule has 2 aromatic rings. The molecule has 0 radical (unpaired) electrons. The second-order valence-electron chi connectivity index (χ2n) is 6.55. The molecule has 6 nitrogen and oxygen atoms in total. The molecule has 1 saturated heterocycles. The molecule has 0 spiro atoms. The summed E-state index contributed by atoms with van der Waals surface area (Å²) in [6.07, 6.45) is 3.44. The largest absolute Gasteiger partial charge is 0.379 e. The molecule has 3 rings (SSSR count). The van der Waals surface area contributed by atoms with Gasteiger partial charge in [0, 0.05) is 38.0 Å². The number of aromatic nitrogens is 2. The van der Waals surface area contributed by atoms with Crippen LogP contribution in [0.1, 0.15) is 11.6 Å². The number of nitrogens with zero attached hydrogens (tertiary/aromatic N) is 3. The van der Waals surface area contributed by atoms with Gasteiger partial charge in [-0.15, -0.1) is 0 Å². The van der Waals surface area contributed by atoms with E-state index < -0.39 is 10.0 Å². The molecule has 8 heteroatoms. The molecule has 0 saturated carbocycles. The van der Waals surface area contributed by atoms with E-state index in [0.29, 0.717) is 30.2 Å². The molecule has 0 bridgehead atoms. The van der Waals surface area contributed by atoms with E-state index in [1.165, 1.54) is 24.5 Å². The van der Waals surface area contributed by atoms with Crippen LogP contribution >= 0.6 is 0 Å². The van der Waals surface area contributed by atoms with Crippen LogP contribution in [0.5, 0.6) is 0 Å². The van der Waals surface area contributed by atoms with Crippen molar-refractivity contribution >= 4 is 10.0 Å². The molecule has 0 aliphatic carbocycles. The standard InChI is InChI=1S/C17H22FN3O3S/c1-12-4-5-13(8-15(12)18)17-19-6-7-21(17)16-10-24-9-14(16)11-25(22,23)20(2)3/h4-8,14,16H,9-11H2,1-3H3/t14-,16+/m0/s1. The third-order valence-electron chi connectivity index (χ3n) is 4.60. The van der Waals surface area contributed by atoms with E-state index in [4.69, 9.17) is 4.74 Å². The van der Waals surface area contributed by atoms with Crippen LogP contribution in [0.3, 0.4) is 0 Å². The maximum absolute atomic E-state index is 13.9. The van der Waals surface area contributed by atoms with Crippen molar-refractivity contribution < 1.29 is 17.5 Å². The molecule has 0 unspecified atom stereocenters. The Morgan fingerprint density at radius 1 is 1.36 bits per heavy atom. The summed E-state index contributed by atoms with van der Waals surface area (Å²) in [5.41, 5.74) is 1.23. The van der Waals surface area contributed by atoms with Gasteiger partial charge in [0.2, 0.25) is 10.0 Å². The summed E-state index contributed by atoms with van der Waals surface area (Å²) in [7, 11) is -0.285. The van der Waals surface area contributed by atoms with Gasteiger partial charge in [0.05, 0.1) is 25.0 Å². The van der Waals surface area contributed by atoms with E-state index in [-0.39, 0.29) is 23.5 Å². The van der Waals surface area contributed by atoms with E-state index in [0.717, 1.165) is 0 Å². The average molecular weight is 367 g/mol. The average Bonchev–Trinajstić information content (AvgIpc) is 3.18. The molecule has 136 valence electrons. The molecule has 1 aliphatic rings. The Hall–Kier alpha value is -1.77.